The average molecular weight is 351 g/mol. The summed E-state index contributed by atoms with van der Waals surface area (Å²) in [6.07, 6.45) is 1.50. The summed E-state index contributed by atoms with van der Waals surface area (Å²) in [6, 6.07) is 7.37. The lowest BCUT2D eigenvalue weighted by molar-refractivity contribution is 0.222. The highest BCUT2D eigenvalue weighted by Crippen LogP contribution is 2.18. The molecular formula is C16H23ClN6O. The second-order valence-electron chi connectivity index (χ2n) is 5.47. The minimum absolute atomic E-state index is 0.0385. The van der Waals surface area contributed by atoms with Gasteiger partial charge in [-0.25, -0.2) is 4.98 Å². The Hall–Kier alpha value is -2.28. The second kappa shape index (κ2) is 8.54. The van der Waals surface area contributed by atoms with Crippen LogP contribution in [0, 0.1) is 0 Å². The van der Waals surface area contributed by atoms with Crippen LogP contribution in [0.25, 0.3) is 0 Å². The Bertz CT molecular complexity index is 687. The molecule has 2 rings (SSSR count). The van der Waals surface area contributed by atoms with Crippen LogP contribution in [0.3, 0.4) is 0 Å². The maximum atomic E-state index is 5.97. The van der Waals surface area contributed by atoms with E-state index in [4.69, 9.17) is 16.3 Å². The van der Waals surface area contributed by atoms with Crippen molar-refractivity contribution in [2.45, 2.75) is 19.6 Å². The zero-order chi connectivity index (χ0) is 17.5. The highest BCUT2D eigenvalue weighted by atomic mass is 35.5. The van der Waals surface area contributed by atoms with Crippen LogP contribution in [-0.2, 0) is 13.6 Å². The zero-order valence-electron chi connectivity index (χ0n) is 14.4. The van der Waals surface area contributed by atoms with Gasteiger partial charge in [0.2, 0.25) is 0 Å². The van der Waals surface area contributed by atoms with Crippen LogP contribution in [0.15, 0.2) is 35.6 Å². The van der Waals surface area contributed by atoms with Crippen molar-refractivity contribution in [1.82, 2.24) is 25.0 Å². The van der Waals surface area contributed by atoms with Crippen molar-refractivity contribution < 1.29 is 4.74 Å². The van der Waals surface area contributed by atoms with Gasteiger partial charge in [0, 0.05) is 26.2 Å². The first-order valence-electron chi connectivity index (χ1n) is 7.66. The van der Waals surface area contributed by atoms with E-state index in [1.807, 2.05) is 44.1 Å². The van der Waals surface area contributed by atoms with Crippen molar-refractivity contribution in [2.75, 3.05) is 20.6 Å². The number of guanidine groups is 1. The first-order valence-corrected chi connectivity index (χ1v) is 8.04. The van der Waals surface area contributed by atoms with E-state index >= 15 is 0 Å². The summed E-state index contributed by atoms with van der Waals surface area (Å²) >= 11 is 5.97. The summed E-state index contributed by atoms with van der Waals surface area (Å²) in [5.74, 6) is 2.38. The molecule has 0 radical (unpaired) electrons. The lowest BCUT2D eigenvalue weighted by Gasteiger charge is -2.23. The predicted octanol–water partition coefficient (Wildman–Crippen LogP) is 1.94. The molecule has 8 heteroatoms. The molecule has 0 saturated heterocycles. The summed E-state index contributed by atoms with van der Waals surface area (Å²) in [5, 5.41) is 8.03. The number of aromatic nitrogens is 3. The Morgan fingerprint density at radius 2 is 2.29 bits per heavy atom. The third-order valence-electron chi connectivity index (χ3n) is 3.44. The van der Waals surface area contributed by atoms with Gasteiger partial charge in [0.05, 0.1) is 13.1 Å². The molecule has 0 bridgehead atoms. The van der Waals surface area contributed by atoms with E-state index in [9.17, 15) is 0 Å². The molecule has 0 saturated carbocycles. The molecule has 130 valence electrons. The minimum Gasteiger partial charge on any atom is -0.489 e. The van der Waals surface area contributed by atoms with Gasteiger partial charge in [0.15, 0.2) is 5.96 Å². The number of nitrogens with one attached hydrogen (secondary N) is 1. The van der Waals surface area contributed by atoms with Gasteiger partial charge in [-0.15, -0.1) is 0 Å². The molecular weight excluding hydrogens is 328 g/mol. The van der Waals surface area contributed by atoms with Crippen LogP contribution in [0.1, 0.15) is 12.7 Å². The van der Waals surface area contributed by atoms with Crippen LogP contribution in [-0.4, -0.2) is 52.4 Å². The van der Waals surface area contributed by atoms with E-state index in [-0.39, 0.29) is 6.10 Å². The highest BCUT2D eigenvalue weighted by molar-refractivity contribution is 6.30. The molecule has 1 heterocycles. The summed E-state index contributed by atoms with van der Waals surface area (Å²) in [6.45, 7) is 3.21. The Labute approximate surface area is 147 Å². The van der Waals surface area contributed by atoms with Gasteiger partial charge in [0.25, 0.3) is 0 Å². The van der Waals surface area contributed by atoms with Crippen LogP contribution in [0.2, 0.25) is 5.02 Å². The van der Waals surface area contributed by atoms with E-state index in [0.717, 1.165) is 17.5 Å². The van der Waals surface area contributed by atoms with Crippen LogP contribution in [0.5, 0.6) is 5.75 Å². The third kappa shape index (κ3) is 5.13. The molecule has 0 fully saturated rings. The van der Waals surface area contributed by atoms with E-state index in [1.165, 1.54) is 0 Å². The number of hydrogen-bond donors (Lipinski definition) is 1. The number of halogens is 1. The van der Waals surface area contributed by atoms with Crippen molar-refractivity contribution in [3.63, 3.8) is 0 Å². The summed E-state index contributed by atoms with van der Waals surface area (Å²) in [7, 11) is 5.57. The smallest absolute Gasteiger partial charge is 0.193 e. The van der Waals surface area contributed by atoms with Gasteiger partial charge in [-0.05, 0) is 25.1 Å². The molecule has 2 aromatic rings. The third-order valence-corrected chi connectivity index (χ3v) is 3.67. The average Bonchev–Trinajstić information content (AvgIpc) is 2.93. The standard InChI is InChI=1S/C16H23ClN6O/c1-12(24-14-7-5-6-13(17)8-14)9-19-16(18-2)22(3)10-15-20-11-21-23(15)4/h5-8,11-12H,9-10H2,1-4H3,(H,18,19). The van der Waals surface area contributed by atoms with Gasteiger partial charge in [-0.2, -0.15) is 5.10 Å². The molecule has 0 amide bonds. The number of hydrogen-bond acceptors (Lipinski definition) is 4. The highest BCUT2D eigenvalue weighted by Gasteiger charge is 2.12. The topological polar surface area (TPSA) is 67.6 Å². The number of rotatable bonds is 6. The van der Waals surface area contributed by atoms with Gasteiger partial charge in [-0.3, -0.25) is 9.67 Å². The molecule has 1 atom stereocenters. The Morgan fingerprint density at radius 1 is 1.50 bits per heavy atom. The fraction of sp³-hybridized carbons (Fsp3) is 0.438. The van der Waals surface area contributed by atoms with Gasteiger partial charge < -0.3 is 15.0 Å². The Balaban J connectivity index is 1.85. The molecule has 0 aliphatic carbocycles. The van der Waals surface area contributed by atoms with Gasteiger partial charge in [-0.1, -0.05) is 17.7 Å². The number of aryl methyl sites for hydroxylation is 1. The molecule has 7 nitrogen and oxygen atoms in total. The zero-order valence-corrected chi connectivity index (χ0v) is 15.2. The first-order chi connectivity index (χ1) is 11.5. The Morgan fingerprint density at radius 3 is 2.92 bits per heavy atom. The molecule has 24 heavy (non-hydrogen) atoms. The molecule has 1 aromatic heterocycles. The lowest BCUT2D eigenvalue weighted by Crippen LogP contribution is -2.42. The molecule has 0 aliphatic rings. The SMILES string of the molecule is CN=C(NCC(C)Oc1cccc(Cl)c1)N(C)Cc1ncnn1C. The maximum absolute atomic E-state index is 5.97. The largest absolute Gasteiger partial charge is 0.489 e. The van der Waals surface area contributed by atoms with Crippen LogP contribution < -0.4 is 10.1 Å². The molecule has 1 N–H and O–H groups in total. The van der Waals surface area contributed by atoms with Gasteiger partial charge >= 0.3 is 0 Å². The second-order valence-corrected chi connectivity index (χ2v) is 5.91. The summed E-state index contributed by atoms with van der Waals surface area (Å²) in [5.41, 5.74) is 0. The quantitative estimate of drug-likeness (QED) is 0.637. The van der Waals surface area contributed by atoms with Crippen molar-refractivity contribution >= 4 is 17.6 Å². The minimum atomic E-state index is -0.0385. The Kier molecular flexibility index (Phi) is 6.43. The van der Waals surface area contributed by atoms with Crippen molar-refractivity contribution in [3.8, 4) is 5.75 Å². The predicted molar refractivity (Wildman–Crippen MR) is 95.4 cm³/mol. The number of benzene rings is 1. The van der Waals surface area contributed by atoms with Crippen molar-refractivity contribution in [2.24, 2.45) is 12.0 Å². The van der Waals surface area contributed by atoms with Crippen molar-refractivity contribution in [3.05, 3.63) is 41.4 Å². The van der Waals surface area contributed by atoms with E-state index in [2.05, 4.69) is 20.4 Å². The van der Waals surface area contributed by atoms with E-state index < -0.39 is 0 Å². The number of ether oxygens (including phenoxy) is 1. The monoisotopic (exact) mass is 350 g/mol. The van der Waals surface area contributed by atoms with Crippen LogP contribution in [0.4, 0.5) is 0 Å². The summed E-state index contributed by atoms with van der Waals surface area (Å²) < 4.78 is 7.59. The normalized spacial score (nSPS) is 12.8. The fourth-order valence-corrected chi connectivity index (χ4v) is 2.36. The van der Waals surface area contributed by atoms with Crippen LogP contribution >= 0.6 is 11.6 Å². The summed E-state index contributed by atoms with van der Waals surface area (Å²) in [4.78, 5) is 10.5. The van der Waals surface area contributed by atoms with E-state index in [1.54, 1.807) is 24.1 Å². The van der Waals surface area contributed by atoms with Crippen molar-refractivity contribution in [1.29, 1.82) is 0 Å². The molecule has 1 unspecified atom stereocenters. The lowest BCUT2D eigenvalue weighted by atomic mass is 10.3. The molecule has 0 spiro atoms. The maximum Gasteiger partial charge on any atom is 0.193 e. The number of nitrogens with zero attached hydrogens (tertiary/aromatic N) is 5. The van der Waals surface area contributed by atoms with Gasteiger partial charge in [0.1, 0.15) is 24.0 Å². The van der Waals surface area contributed by atoms with E-state index in [0.29, 0.717) is 18.1 Å². The molecule has 0 aliphatic heterocycles. The fourth-order valence-electron chi connectivity index (χ4n) is 2.18. The number of aliphatic imine (C=N–C) groups is 1. The first kappa shape index (κ1) is 18.1. The molecule has 1 aromatic carbocycles.